The van der Waals surface area contributed by atoms with Crippen molar-refractivity contribution in [2.45, 2.75) is 0 Å². The van der Waals surface area contributed by atoms with Crippen LogP contribution in [0.25, 0.3) is 60.4 Å². The molecule has 150 valence electrons. The summed E-state index contributed by atoms with van der Waals surface area (Å²) in [4.78, 5) is 3.60. The molecule has 0 unspecified atom stereocenters. The average molecular weight is 409 g/mol. The van der Waals surface area contributed by atoms with E-state index in [0.29, 0.717) is 0 Å². The van der Waals surface area contributed by atoms with Crippen LogP contribution in [-0.2, 0) is 0 Å². The van der Waals surface area contributed by atoms with Crippen molar-refractivity contribution in [3.8, 4) is 16.8 Å². The molecule has 2 nitrogen and oxygen atoms in total. The predicted octanol–water partition coefficient (Wildman–Crippen LogP) is 8.09. The van der Waals surface area contributed by atoms with Gasteiger partial charge in [0.25, 0.3) is 0 Å². The van der Waals surface area contributed by atoms with Crippen molar-refractivity contribution >= 4 is 43.6 Å². The summed E-state index contributed by atoms with van der Waals surface area (Å²) in [6.07, 6.45) is 0. The minimum absolute atomic E-state index is 1.18. The van der Waals surface area contributed by atoms with Gasteiger partial charge in [0.15, 0.2) is 0 Å². The Bertz CT molecular complexity index is 1750. The molecule has 1 N–H and O–H groups in total. The summed E-state index contributed by atoms with van der Waals surface area (Å²) in [5, 5.41) is 5.16. The lowest BCUT2D eigenvalue weighted by Gasteiger charge is -2.09. The fourth-order valence-corrected chi connectivity index (χ4v) is 5.11. The Morgan fingerprint density at radius 3 is 1.97 bits per heavy atom. The number of aromatic amines is 1. The first-order valence-corrected chi connectivity index (χ1v) is 11.0. The van der Waals surface area contributed by atoms with Gasteiger partial charge < -0.3 is 9.55 Å². The van der Waals surface area contributed by atoms with Crippen LogP contribution in [0.1, 0.15) is 0 Å². The minimum Gasteiger partial charge on any atom is -0.354 e. The van der Waals surface area contributed by atoms with Gasteiger partial charge in [-0.3, -0.25) is 0 Å². The van der Waals surface area contributed by atoms with Crippen molar-refractivity contribution in [1.29, 1.82) is 0 Å². The molecule has 0 saturated carbocycles. The van der Waals surface area contributed by atoms with Crippen LogP contribution in [0, 0.1) is 0 Å². The van der Waals surface area contributed by atoms with Gasteiger partial charge in [-0.25, -0.2) is 0 Å². The van der Waals surface area contributed by atoms with Crippen LogP contribution in [-0.4, -0.2) is 9.55 Å². The third-order valence-corrected chi connectivity index (χ3v) is 6.54. The van der Waals surface area contributed by atoms with Crippen molar-refractivity contribution in [3.63, 3.8) is 0 Å². The van der Waals surface area contributed by atoms with Crippen molar-refractivity contribution in [2.24, 2.45) is 0 Å². The van der Waals surface area contributed by atoms with Crippen molar-refractivity contribution in [1.82, 2.24) is 9.55 Å². The van der Waals surface area contributed by atoms with Crippen LogP contribution in [0.4, 0.5) is 0 Å². The van der Waals surface area contributed by atoms with Crippen molar-refractivity contribution in [2.75, 3.05) is 0 Å². The molecule has 5 aromatic carbocycles. The molecule has 0 aliphatic heterocycles. The SMILES string of the molecule is c1ccc(-c2ccc(-n3c4ccccc4c4c5c(ccc43)[nH]c3ccccc35)cc2)cc1. The quantitative estimate of drug-likeness (QED) is 0.298. The number of aromatic nitrogens is 2. The molecule has 0 saturated heterocycles. The molecule has 7 rings (SSSR count). The first-order chi connectivity index (χ1) is 15.9. The topological polar surface area (TPSA) is 20.7 Å². The molecule has 0 bridgehead atoms. The van der Waals surface area contributed by atoms with E-state index in [1.165, 1.54) is 60.4 Å². The fourth-order valence-electron chi connectivity index (χ4n) is 5.11. The molecule has 0 amide bonds. The zero-order valence-corrected chi connectivity index (χ0v) is 17.4. The molecule has 2 heterocycles. The normalized spacial score (nSPS) is 11.8. The lowest BCUT2D eigenvalue weighted by Crippen LogP contribution is -1.93. The number of fused-ring (bicyclic) bond motifs is 7. The maximum Gasteiger partial charge on any atom is 0.0548 e. The van der Waals surface area contributed by atoms with E-state index in [-0.39, 0.29) is 0 Å². The van der Waals surface area contributed by atoms with Gasteiger partial charge in [-0.1, -0.05) is 78.9 Å². The maximum absolute atomic E-state index is 3.60. The maximum atomic E-state index is 3.60. The average Bonchev–Trinajstić information content (AvgIpc) is 3.40. The Kier molecular flexibility index (Phi) is 3.58. The number of rotatable bonds is 2. The number of nitrogens with one attached hydrogen (secondary N) is 1. The van der Waals surface area contributed by atoms with E-state index >= 15 is 0 Å². The van der Waals surface area contributed by atoms with Crippen LogP contribution in [0.5, 0.6) is 0 Å². The summed E-state index contributed by atoms with van der Waals surface area (Å²) in [6, 6.07) is 41.2. The lowest BCUT2D eigenvalue weighted by molar-refractivity contribution is 1.18. The van der Waals surface area contributed by atoms with Crippen molar-refractivity contribution in [3.05, 3.63) is 115 Å². The summed E-state index contributed by atoms with van der Waals surface area (Å²) < 4.78 is 2.39. The first kappa shape index (κ1) is 17.4. The van der Waals surface area contributed by atoms with Gasteiger partial charge in [-0.15, -0.1) is 0 Å². The summed E-state index contributed by atoms with van der Waals surface area (Å²) in [6.45, 7) is 0. The summed E-state index contributed by atoms with van der Waals surface area (Å²) in [5.74, 6) is 0. The van der Waals surface area contributed by atoms with E-state index in [4.69, 9.17) is 0 Å². The highest BCUT2D eigenvalue weighted by Crippen LogP contribution is 2.39. The molecule has 2 heteroatoms. The fraction of sp³-hybridized carbons (Fsp3) is 0. The van der Waals surface area contributed by atoms with Gasteiger partial charge in [0.05, 0.1) is 11.0 Å². The number of nitrogens with zero attached hydrogens (tertiary/aromatic N) is 1. The first-order valence-electron chi connectivity index (χ1n) is 11.0. The molecule has 0 aliphatic carbocycles. The van der Waals surface area contributed by atoms with E-state index in [2.05, 4.69) is 125 Å². The van der Waals surface area contributed by atoms with E-state index in [1.807, 2.05) is 0 Å². The highest BCUT2D eigenvalue weighted by Gasteiger charge is 2.17. The van der Waals surface area contributed by atoms with E-state index in [1.54, 1.807) is 0 Å². The van der Waals surface area contributed by atoms with Crippen LogP contribution in [0.3, 0.4) is 0 Å². The number of hydrogen-bond acceptors (Lipinski definition) is 0. The van der Waals surface area contributed by atoms with Gasteiger partial charge in [-0.2, -0.15) is 0 Å². The molecular weight excluding hydrogens is 388 g/mol. The van der Waals surface area contributed by atoms with Crippen molar-refractivity contribution < 1.29 is 0 Å². The molecule has 0 atom stereocenters. The summed E-state index contributed by atoms with van der Waals surface area (Å²) in [5.41, 5.74) is 8.47. The Hall–Kier alpha value is -4.30. The Labute approximate surface area is 185 Å². The third kappa shape index (κ3) is 2.41. The molecule has 0 spiro atoms. The second kappa shape index (κ2) is 6.60. The third-order valence-electron chi connectivity index (χ3n) is 6.54. The molecule has 0 aliphatic rings. The van der Waals surface area contributed by atoms with Crippen LogP contribution in [0.15, 0.2) is 115 Å². The molecule has 0 fully saturated rings. The highest BCUT2D eigenvalue weighted by atomic mass is 15.0. The minimum atomic E-state index is 1.18. The zero-order valence-electron chi connectivity index (χ0n) is 17.4. The smallest absolute Gasteiger partial charge is 0.0548 e. The molecule has 0 radical (unpaired) electrons. The van der Waals surface area contributed by atoms with Crippen LogP contribution in [0.2, 0.25) is 0 Å². The molecular formula is C30H20N2. The number of H-pyrrole nitrogens is 1. The zero-order chi connectivity index (χ0) is 21.1. The van der Waals surface area contributed by atoms with Crippen LogP contribution >= 0.6 is 0 Å². The molecule has 2 aromatic heterocycles. The van der Waals surface area contributed by atoms with E-state index < -0.39 is 0 Å². The molecule has 7 aromatic rings. The molecule has 32 heavy (non-hydrogen) atoms. The van der Waals surface area contributed by atoms with Gasteiger partial charge >= 0.3 is 0 Å². The number of hydrogen-bond donors (Lipinski definition) is 1. The van der Waals surface area contributed by atoms with Gasteiger partial charge in [0.2, 0.25) is 0 Å². The lowest BCUT2D eigenvalue weighted by atomic mass is 10.1. The highest BCUT2D eigenvalue weighted by molar-refractivity contribution is 6.28. The Morgan fingerprint density at radius 1 is 0.438 bits per heavy atom. The largest absolute Gasteiger partial charge is 0.354 e. The second-order valence-electron chi connectivity index (χ2n) is 8.32. The number of para-hydroxylation sites is 2. The number of benzene rings is 5. The van der Waals surface area contributed by atoms with Gasteiger partial charge in [0, 0.05) is 38.3 Å². The van der Waals surface area contributed by atoms with Gasteiger partial charge in [-0.05, 0) is 47.5 Å². The second-order valence-corrected chi connectivity index (χ2v) is 8.32. The summed E-state index contributed by atoms with van der Waals surface area (Å²) >= 11 is 0. The Morgan fingerprint density at radius 2 is 1.12 bits per heavy atom. The van der Waals surface area contributed by atoms with E-state index in [0.717, 1.165) is 0 Å². The predicted molar refractivity (Wildman–Crippen MR) is 136 cm³/mol. The summed E-state index contributed by atoms with van der Waals surface area (Å²) in [7, 11) is 0. The van der Waals surface area contributed by atoms with Crippen LogP contribution < -0.4 is 0 Å². The van der Waals surface area contributed by atoms with E-state index in [9.17, 15) is 0 Å². The Balaban J connectivity index is 1.55. The standard InChI is InChI=1S/C30H20N2/c1-2-8-20(9-3-1)21-14-16-22(17-15-21)32-27-13-7-5-11-24(27)30-28(32)19-18-26-29(30)23-10-4-6-12-25(23)31-26/h1-19,31H. The van der Waals surface area contributed by atoms with Gasteiger partial charge in [0.1, 0.15) is 0 Å². The monoisotopic (exact) mass is 408 g/mol.